The molecule has 150 valence electrons. The first kappa shape index (κ1) is 19.1. The number of carbonyl (C=O) groups excluding carboxylic acids is 2. The molecule has 0 radical (unpaired) electrons. The lowest BCUT2D eigenvalue weighted by Gasteiger charge is -2.30. The number of aromatic nitrogens is 1. The summed E-state index contributed by atoms with van der Waals surface area (Å²) in [6, 6.07) is 16.1. The maximum atomic E-state index is 13.2. The number of carbonyl (C=O) groups is 2. The second-order valence-corrected chi connectivity index (χ2v) is 7.35. The number of hydrogen-bond donors (Lipinski definition) is 2. The van der Waals surface area contributed by atoms with E-state index in [1.54, 1.807) is 24.3 Å². The van der Waals surface area contributed by atoms with Gasteiger partial charge in [0.25, 0.3) is 0 Å². The van der Waals surface area contributed by atoms with E-state index in [1.165, 1.54) is 0 Å². The van der Waals surface area contributed by atoms with E-state index in [-0.39, 0.29) is 5.91 Å². The van der Waals surface area contributed by atoms with E-state index in [1.807, 2.05) is 41.4 Å². The zero-order chi connectivity index (χ0) is 20.1. The van der Waals surface area contributed by atoms with Crippen LogP contribution in [0, 0.1) is 0 Å². The van der Waals surface area contributed by atoms with Crippen molar-refractivity contribution in [3.05, 3.63) is 66.4 Å². The van der Waals surface area contributed by atoms with Crippen LogP contribution in [0.2, 0.25) is 0 Å². The van der Waals surface area contributed by atoms with Crippen molar-refractivity contribution in [2.45, 2.75) is 31.7 Å². The van der Waals surface area contributed by atoms with Crippen molar-refractivity contribution in [2.75, 3.05) is 13.1 Å². The zero-order valence-corrected chi connectivity index (χ0v) is 16.3. The highest BCUT2D eigenvalue weighted by Crippen LogP contribution is 2.20. The summed E-state index contributed by atoms with van der Waals surface area (Å²) in [7, 11) is 0. The van der Waals surface area contributed by atoms with Gasteiger partial charge in [-0.15, -0.1) is 0 Å². The number of nitrogens with one attached hydrogen (secondary N) is 2. The highest BCUT2D eigenvalue weighted by molar-refractivity contribution is 5.88. The van der Waals surface area contributed by atoms with Crippen molar-refractivity contribution in [1.82, 2.24) is 15.2 Å². The lowest BCUT2D eigenvalue weighted by atomic mass is 10.0. The lowest BCUT2D eigenvalue weighted by molar-refractivity contribution is -0.134. The van der Waals surface area contributed by atoms with Gasteiger partial charge in [0.15, 0.2) is 0 Å². The largest absolute Gasteiger partial charge is 0.413 e. The van der Waals surface area contributed by atoms with Crippen LogP contribution < -0.4 is 10.1 Å². The molecule has 29 heavy (non-hydrogen) atoms. The Balaban J connectivity index is 1.53. The van der Waals surface area contributed by atoms with Crippen molar-refractivity contribution in [1.29, 1.82) is 0 Å². The number of benzene rings is 2. The van der Waals surface area contributed by atoms with Crippen LogP contribution >= 0.6 is 0 Å². The predicted molar refractivity (Wildman–Crippen MR) is 112 cm³/mol. The molecule has 0 spiro atoms. The van der Waals surface area contributed by atoms with Crippen LogP contribution in [0.25, 0.3) is 10.9 Å². The number of aromatic amines is 1. The van der Waals surface area contributed by atoms with E-state index in [9.17, 15) is 9.59 Å². The summed E-state index contributed by atoms with van der Waals surface area (Å²) in [6.07, 6.45) is 4.83. The number of ether oxygens (including phenoxy) is 1. The molecular weight excluding hydrogens is 366 g/mol. The SMILES string of the molecule is O=C(N[C@@H](Cc1c[nH]c2ccccc12)C(=O)N1CCCCC1)Oc1ccccc1. The van der Waals surface area contributed by atoms with Gasteiger partial charge >= 0.3 is 6.09 Å². The number of fused-ring (bicyclic) bond motifs is 1. The van der Waals surface area contributed by atoms with E-state index in [2.05, 4.69) is 10.3 Å². The second kappa shape index (κ2) is 8.82. The van der Waals surface area contributed by atoms with Gasteiger partial charge < -0.3 is 19.9 Å². The number of piperidine rings is 1. The normalized spacial score (nSPS) is 15.1. The van der Waals surface area contributed by atoms with E-state index < -0.39 is 12.1 Å². The molecule has 4 rings (SSSR count). The molecule has 2 heterocycles. The fraction of sp³-hybridized carbons (Fsp3) is 0.304. The summed E-state index contributed by atoms with van der Waals surface area (Å²) in [6.45, 7) is 1.47. The number of para-hydroxylation sites is 2. The monoisotopic (exact) mass is 391 g/mol. The number of hydrogen-bond acceptors (Lipinski definition) is 3. The van der Waals surface area contributed by atoms with Gasteiger partial charge in [-0.1, -0.05) is 36.4 Å². The molecule has 2 N–H and O–H groups in total. The molecule has 3 aromatic rings. The number of likely N-dealkylation sites (tertiary alicyclic amines) is 1. The first-order chi connectivity index (χ1) is 14.2. The third kappa shape index (κ3) is 4.59. The Labute approximate surface area is 169 Å². The fourth-order valence-corrected chi connectivity index (χ4v) is 3.82. The molecule has 1 saturated heterocycles. The highest BCUT2D eigenvalue weighted by Gasteiger charge is 2.28. The molecule has 2 aromatic carbocycles. The highest BCUT2D eigenvalue weighted by atomic mass is 16.6. The van der Waals surface area contributed by atoms with Crippen LogP contribution in [0.4, 0.5) is 4.79 Å². The minimum atomic E-state index is -0.677. The summed E-state index contributed by atoms with van der Waals surface area (Å²) in [5, 5.41) is 3.86. The lowest BCUT2D eigenvalue weighted by Crippen LogP contribution is -2.51. The Morgan fingerprint density at radius 3 is 2.52 bits per heavy atom. The third-order valence-corrected chi connectivity index (χ3v) is 5.31. The Morgan fingerprint density at radius 2 is 1.72 bits per heavy atom. The molecule has 0 unspecified atom stereocenters. The van der Waals surface area contributed by atoms with Crippen LogP contribution in [0.15, 0.2) is 60.8 Å². The Hall–Kier alpha value is -3.28. The maximum absolute atomic E-state index is 13.2. The average molecular weight is 391 g/mol. The van der Waals surface area contributed by atoms with E-state index >= 15 is 0 Å². The Kier molecular flexibility index (Phi) is 5.79. The van der Waals surface area contributed by atoms with Crippen LogP contribution in [-0.2, 0) is 11.2 Å². The summed E-state index contributed by atoms with van der Waals surface area (Å²) in [5.41, 5.74) is 2.01. The number of rotatable bonds is 5. The molecule has 6 heteroatoms. The quantitative estimate of drug-likeness (QED) is 0.693. The summed E-state index contributed by atoms with van der Waals surface area (Å²) < 4.78 is 5.36. The molecule has 6 nitrogen and oxygen atoms in total. The molecule has 0 bridgehead atoms. The van der Waals surface area contributed by atoms with Gasteiger partial charge in [-0.25, -0.2) is 4.79 Å². The van der Waals surface area contributed by atoms with Crippen LogP contribution in [0.3, 0.4) is 0 Å². The maximum Gasteiger partial charge on any atom is 0.413 e. The number of nitrogens with zero attached hydrogens (tertiary/aromatic N) is 1. The topological polar surface area (TPSA) is 74.4 Å². The fourth-order valence-electron chi connectivity index (χ4n) is 3.82. The summed E-state index contributed by atoms with van der Waals surface area (Å²) >= 11 is 0. The van der Waals surface area contributed by atoms with Crippen LogP contribution in [0.5, 0.6) is 5.75 Å². The van der Waals surface area contributed by atoms with Gasteiger partial charge in [0.1, 0.15) is 11.8 Å². The van der Waals surface area contributed by atoms with Crippen LogP contribution in [0.1, 0.15) is 24.8 Å². The average Bonchev–Trinajstić information content (AvgIpc) is 3.17. The standard InChI is InChI=1S/C23H25N3O3/c27-22(26-13-7-2-8-14-26)21(25-23(28)29-18-9-3-1-4-10-18)15-17-16-24-20-12-6-5-11-19(17)20/h1,3-6,9-12,16,21,24H,2,7-8,13-15H2,(H,25,28)/t21-/m0/s1. The first-order valence-electron chi connectivity index (χ1n) is 10.1. The zero-order valence-electron chi connectivity index (χ0n) is 16.3. The smallest absolute Gasteiger partial charge is 0.410 e. The van der Waals surface area contributed by atoms with Crippen molar-refractivity contribution >= 4 is 22.9 Å². The minimum absolute atomic E-state index is 0.0556. The van der Waals surface area contributed by atoms with Gasteiger partial charge in [0.05, 0.1) is 0 Å². The molecule has 0 aliphatic carbocycles. The van der Waals surface area contributed by atoms with Crippen LogP contribution in [-0.4, -0.2) is 41.0 Å². The number of amides is 2. The molecule has 1 atom stereocenters. The van der Waals surface area contributed by atoms with Gasteiger partial charge in [-0.2, -0.15) is 0 Å². The predicted octanol–water partition coefficient (Wildman–Crippen LogP) is 3.88. The number of H-pyrrole nitrogens is 1. The van der Waals surface area contributed by atoms with Gasteiger partial charge in [-0.05, 0) is 43.0 Å². The van der Waals surface area contributed by atoms with Crippen molar-refractivity contribution in [3.8, 4) is 5.75 Å². The van der Waals surface area contributed by atoms with Gasteiger partial charge in [-0.3, -0.25) is 4.79 Å². The van der Waals surface area contributed by atoms with E-state index in [0.717, 1.165) is 48.8 Å². The minimum Gasteiger partial charge on any atom is -0.410 e. The first-order valence-corrected chi connectivity index (χ1v) is 10.1. The molecule has 0 saturated carbocycles. The van der Waals surface area contributed by atoms with Gasteiger partial charge in [0, 0.05) is 36.6 Å². The van der Waals surface area contributed by atoms with Crippen molar-refractivity contribution < 1.29 is 14.3 Å². The molecule has 1 aromatic heterocycles. The summed E-state index contributed by atoms with van der Waals surface area (Å²) in [4.78, 5) is 30.8. The van der Waals surface area contributed by atoms with Crippen molar-refractivity contribution in [3.63, 3.8) is 0 Å². The Morgan fingerprint density at radius 1 is 1.00 bits per heavy atom. The molecule has 1 fully saturated rings. The Bertz CT molecular complexity index is 977. The van der Waals surface area contributed by atoms with Crippen molar-refractivity contribution in [2.24, 2.45) is 0 Å². The molecule has 2 amide bonds. The molecule has 1 aliphatic rings. The summed E-state index contributed by atoms with van der Waals surface area (Å²) in [5.74, 6) is 0.390. The third-order valence-electron chi connectivity index (χ3n) is 5.31. The van der Waals surface area contributed by atoms with E-state index in [4.69, 9.17) is 4.74 Å². The molecular formula is C23H25N3O3. The van der Waals surface area contributed by atoms with E-state index in [0.29, 0.717) is 12.2 Å². The molecule has 1 aliphatic heterocycles. The van der Waals surface area contributed by atoms with Gasteiger partial charge in [0.2, 0.25) is 5.91 Å². The second-order valence-electron chi connectivity index (χ2n) is 7.35.